The van der Waals surface area contributed by atoms with E-state index in [2.05, 4.69) is 0 Å². The highest BCUT2D eigenvalue weighted by Crippen LogP contribution is 2.41. The van der Waals surface area contributed by atoms with Crippen molar-refractivity contribution >= 4 is 0 Å². The first kappa shape index (κ1) is 13.9. The van der Waals surface area contributed by atoms with Crippen LogP contribution in [0.2, 0.25) is 0 Å². The fourth-order valence-electron chi connectivity index (χ4n) is 1.63. The summed E-state index contributed by atoms with van der Waals surface area (Å²) in [5.74, 6) is -13.8. The van der Waals surface area contributed by atoms with Gasteiger partial charge in [0.15, 0.2) is 34.8 Å². The molecule has 8 heteroatoms. The smallest absolute Gasteiger partial charge is 0.206 e. The molecule has 0 fully saturated rings. The van der Waals surface area contributed by atoms with Gasteiger partial charge in [-0.25, -0.2) is 17.6 Å². The van der Waals surface area contributed by atoms with E-state index < -0.39 is 57.5 Å². The third-order valence-electron chi connectivity index (χ3n) is 2.56. The number of hydrogen-bond donors (Lipinski definition) is 3. The highest BCUT2D eigenvalue weighted by atomic mass is 19.2. The van der Waals surface area contributed by atoms with Crippen molar-refractivity contribution in [1.82, 2.24) is 0 Å². The van der Waals surface area contributed by atoms with Crippen molar-refractivity contribution in [3.05, 3.63) is 41.2 Å². The van der Waals surface area contributed by atoms with Crippen molar-refractivity contribution in [3.8, 4) is 28.4 Å². The highest BCUT2D eigenvalue weighted by Gasteiger charge is 2.28. The van der Waals surface area contributed by atoms with Gasteiger partial charge >= 0.3 is 0 Å². The van der Waals surface area contributed by atoms with Crippen molar-refractivity contribution in [3.63, 3.8) is 0 Å². The minimum absolute atomic E-state index is 0.439. The first-order valence-corrected chi connectivity index (χ1v) is 5.02. The summed E-state index contributed by atoms with van der Waals surface area (Å²) in [6.45, 7) is 0. The van der Waals surface area contributed by atoms with Gasteiger partial charge in [0.25, 0.3) is 0 Å². The predicted octanol–water partition coefficient (Wildman–Crippen LogP) is 3.17. The SMILES string of the molecule is Oc1cc(F)c(O)c(-c2c(F)c(O)c(F)c(F)c2F)c1. The molecule has 0 unspecified atom stereocenters. The Morgan fingerprint density at radius 3 is 1.85 bits per heavy atom. The molecule has 0 atom stereocenters. The van der Waals surface area contributed by atoms with E-state index in [1.54, 1.807) is 0 Å². The molecule has 0 aliphatic heterocycles. The lowest BCUT2D eigenvalue weighted by Gasteiger charge is -2.11. The molecule has 0 aliphatic carbocycles. The topological polar surface area (TPSA) is 60.7 Å². The fraction of sp³-hybridized carbons (Fsp3) is 0. The third kappa shape index (κ3) is 1.89. The van der Waals surface area contributed by atoms with Gasteiger partial charge in [-0.2, -0.15) is 4.39 Å². The van der Waals surface area contributed by atoms with E-state index in [-0.39, 0.29) is 0 Å². The zero-order valence-corrected chi connectivity index (χ0v) is 9.39. The van der Waals surface area contributed by atoms with Gasteiger partial charge < -0.3 is 15.3 Å². The summed E-state index contributed by atoms with van der Waals surface area (Å²) < 4.78 is 66.4. The Kier molecular flexibility index (Phi) is 3.16. The molecule has 0 aromatic heterocycles. The number of rotatable bonds is 1. The molecule has 0 aliphatic rings. The number of halogens is 5. The van der Waals surface area contributed by atoms with Crippen LogP contribution in [0.25, 0.3) is 11.1 Å². The van der Waals surface area contributed by atoms with E-state index in [0.717, 1.165) is 0 Å². The van der Waals surface area contributed by atoms with Gasteiger partial charge in [0.2, 0.25) is 5.82 Å². The summed E-state index contributed by atoms with van der Waals surface area (Å²) in [5.41, 5.74) is -2.39. The summed E-state index contributed by atoms with van der Waals surface area (Å²) >= 11 is 0. The summed E-state index contributed by atoms with van der Waals surface area (Å²) in [7, 11) is 0. The van der Waals surface area contributed by atoms with Crippen LogP contribution in [0.5, 0.6) is 17.2 Å². The Morgan fingerprint density at radius 2 is 1.25 bits per heavy atom. The van der Waals surface area contributed by atoms with Gasteiger partial charge in [0.1, 0.15) is 5.75 Å². The average molecular weight is 292 g/mol. The Balaban J connectivity index is 2.91. The van der Waals surface area contributed by atoms with Crippen LogP contribution in [-0.4, -0.2) is 15.3 Å². The molecule has 0 saturated carbocycles. The maximum absolute atomic E-state index is 13.6. The van der Waals surface area contributed by atoms with Crippen LogP contribution in [0.3, 0.4) is 0 Å². The number of aromatic hydroxyl groups is 3. The first-order chi connectivity index (χ1) is 9.25. The standard InChI is InChI=1S/C12H5F5O3/c13-5-2-3(18)1-4(11(5)19)6-7(14)9(16)10(17)12(20)8(6)15/h1-2,18-20H. The van der Waals surface area contributed by atoms with Crippen LogP contribution >= 0.6 is 0 Å². The van der Waals surface area contributed by atoms with Crippen LogP contribution in [0.15, 0.2) is 12.1 Å². The lowest BCUT2D eigenvalue weighted by atomic mass is 10.0. The maximum Gasteiger partial charge on any atom is 0.206 e. The average Bonchev–Trinajstić information content (AvgIpc) is 2.39. The van der Waals surface area contributed by atoms with E-state index in [1.165, 1.54) is 0 Å². The van der Waals surface area contributed by atoms with E-state index in [4.69, 9.17) is 10.2 Å². The Labute approximate surface area is 108 Å². The molecule has 106 valence electrons. The van der Waals surface area contributed by atoms with Gasteiger partial charge in [0, 0.05) is 11.6 Å². The summed E-state index contributed by atoms with van der Waals surface area (Å²) in [4.78, 5) is 0. The summed E-state index contributed by atoms with van der Waals surface area (Å²) in [5, 5.41) is 27.5. The third-order valence-corrected chi connectivity index (χ3v) is 2.56. The largest absolute Gasteiger partial charge is 0.508 e. The van der Waals surface area contributed by atoms with Crippen LogP contribution in [0, 0.1) is 29.1 Å². The normalized spacial score (nSPS) is 10.8. The molecule has 0 radical (unpaired) electrons. The molecule has 3 nitrogen and oxygen atoms in total. The van der Waals surface area contributed by atoms with Crippen molar-refractivity contribution < 1.29 is 37.3 Å². The summed E-state index contributed by atoms with van der Waals surface area (Å²) in [6, 6.07) is 0.963. The number of benzene rings is 2. The molecule has 2 rings (SSSR count). The molecule has 0 bridgehead atoms. The van der Waals surface area contributed by atoms with E-state index in [1.807, 2.05) is 0 Å². The molecule has 2 aromatic rings. The second kappa shape index (κ2) is 4.55. The van der Waals surface area contributed by atoms with Gasteiger partial charge in [-0.15, -0.1) is 0 Å². The van der Waals surface area contributed by atoms with Crippen molar-refractivity contribution in [2.75, 3.05) is 0 Å². The quantitative estimate of drug-likeness (QED) is 0.327. The zero-order valence-electron chi connectivity index (χ0n) is 9.39. The monoisotopic (exact) mass is 292 g/mol. The minimum atomic E-state index is -2.21. The molecule has 20 heavy (non-hydrogen) atoms. The van der Waals surface area contributed by atoms with E-state index >= 15 is 0 Å². The van der Waals surface area contributed by atoms with Crippen LogP contribution in [-0.2, 0) is 0 Å². The van der Waals surface area contributed by atoms with Crippen molar-refractivity contribution in [2.24, 2.45) is 0 Å². The Bertz CT molecular complexity index is 686. The zero-order chi connectivity index (χ0) is 15.2. The molecule has 0 heterocycles. The second-order valence-corrected chi connectivity index (χ2v) is 3.80. The van der Waals surface area contributed by atoms with Crippen LogP contribution in [0.4, 0.5) is 22.0 Å². The van der Waals surface area contributed by atoms with Gasteiger partial charge in [-0.3, -0.25) is 0 Å². The van der Waals surface area contributed by atoms with Gasteiger partial charge in [-0.05, 0) is 6.07 Å². The molecular weight excluding hydrogens is 287 g/mol. The van der Waals surface area contributed by atoms with E-state index in [0.29, 0.717) is 12.1 Å². The van der Waals surface area contributed by atoms with Crippen LogP contribution in [0.1, 0.15) is 0 Å². The minimum Gasteiger partial charge on any atom is -0.508 e. The lowest BCUT2D eigenvalue weighted by Crippen LogP contribution is -2.00. The first-order valence-electron chi connectivity index (χ1n) is 5.02. The van der Waals surface area contributed by atoms with Gasteiger partial charge in [0.05, 0.1) is 5.56 Å². The maximum atomic E-state index is 13.6. The van der Waals surface area contributed by atoms with Crippen molar-refractivity contribution in [2.45, 2.75) is 0 Å². The second-order valence-electron chi connectivity index (χ2n) is 3.80. The Morgan fingerprint density at radius 1 is 0.650 bits per heavy atom. The fourth-order valence-corrected chi connectivity index (χ4v) is 1.63. The molecular formula is C12H5F5O3. The van der Waals surface area contributed by atoms with Crippen molar-refractivity contribution in [1.29, 1.82) is 0 Å². The highest BCUT2D eigenvalue weighted by molar-refractivity contribution is 5.74. The molecule has 0 spiro atoms. The molecule has 0 amide bonds. The number of hydrogen-bond acceptors (Lipinski definition) is 3. The number of phenols is 3. The molecule has 2 aromatic carbocycles. The molecule has 3 N–H and O–H groups in total. The Hall–Kier alpha value is -2.51. The summed E-state index contributed by atoms with van der Waals surface area (Å²) in [6.07, 6.45) is 0. The van der Waals surface area contributed by atoms with Crippen LogP contribution < -0.4 is 0 Å². The van der Waals surface area contributed by atoms with Gasteiger partial charge in [-0.1, -0.05) is 0 Å². The predicted molar refractivity (Wildman–Crippen MR) is 56.7 cm³/mol. The number of phenolic OH excluding ortho intramolecular Hbond substituents is 3. The lowest BCUT2D eigenvalue weighted by molar-refractivity contribution is 0.360. The molecule has 0 saturated heterocycles. The van der Waals surface area contributed by atoms with E-state index in [9.17, 15) is 27.1 Å².